The van der Waals surface area contributed by atoms with Gasteiger partial charge in [0.1, 0.15) is 11.6 Å². The van der Waals surface area contributed by atoms with Crippen molar-refractivity contribution < 1.29 is 12.9 Å². The molecular formula is C12H9F2N. The molecule has 76 valence electrons. The zero-order valence-electron chi connectivity index (χ0n) is 10.7. The Bertz CT molecular complexity index is 565. The fraction of sp³-hybridized carbons (Fsp3) is 0.0833. The third-order valence-electron chi connectivity index (χ3n) is 1.99. The topological polar surface area (TPSA) is 12.9 Å². The van der Waals surface area contributed by atoms with Crippen LogP contribution in [0.5, 0.6) is 0 Å². The van der Waals surface area contributed by atoms with Gasteiger partial charge in [0.25, 0.3) is 0 Å². The summed E-state index contributed by atoms with van der Waals surface area (Å²) < 4.78 is 47.7. The summed E-state index contributed by atoms with van der Waals surface area (Å²) in [6, 6.07) is 6.40. The van der Waals surface area contributed by atoms with E-state index >= 15 is 0 Å². The summed E-state index contributed by atoms with van der Waals surface area (Å²) in [7, 11) is 0. The highest BCUT2D eigenvalue weighted by Gasteiger charge is 2.03. The molecule has 1 nitrogen and oxygen atoms in total. The molecule has 0 radical (unpaired) electrons. The Morgan fingerprint density at radius 1 is 1.20 bits per heavy atom. The SMILES string of the molecule is [2H]C([2H])([2H])c1cnc(-c2ccc(F)cc2)cc1F. The Morgan fingerprint density at radius 3 is 2.53 bits per heavy atom. The molecule has 1 aromatic heterocycles. The fourth-order valence-electron chi connectivity index (χ4n) is 1.21. The number of aromatic nitrogens is 1. The number of benzene rings is 1. The van der Waals surface area contributed by atoms with Crippen LogP contribution in [0.3, 0.4) is 0 Å². The van der Waals surface area contributed by atoms with Gasteiger partial charge in [0.15, 0.2) is 0 Å². The molecule has 0 saturated carbocycles. The number of halogens is 2. The maximum absolute atomic E-state index is 13.6. The van der Waals surface area contributed by atoms with Gasteiger partial charge in [-0.3, -0.25) is 4.98 Å². The number of aryl methyl sites for hydroxylation is 1. The van der Waals surface area contributed by atoms with Crippen molar-refractivity contribution in [2.45, 2.75) is 6.85 Å². The number of hydrogen-bond donors (Lipinski definition) is 0. The van der Waals surface area contributed by atoms with Gasteiger partial charge >= 0.3 is 0 Å². The second-order valence-electron chi connectivity index (χ2n) is 3.06. The minimum Gasteiger partial charge on any atom is -0.256 e. The summed E-state index contributed by atoms with van der Waals surface area (Å²) in [5.74, 6) is -1.25. The molecule has 0 aliphatic heterocycles. The zero-order valence-corrected chi connectivity index (χ0v) is 7.67. The smallest absolute Gasteiger partial charge is 0.129 e. The fourth-order valence-corrected chi connectivity index (χ4v) is 1.21. The van der Waals surface area contributed by atoms with E-state index in [0.717, 1.165) is 12.3 Å². The van der Waals surface area contributed by atoms with Crippen molar-refractivity contribution in [1.82, 2.24) is 4.98 Å². The minimum absolute atomic E-state index is 0.264. The van der Waals surface area contributed by atoms with E-state index in [1.807, 2.05) is 0 Å². The first-order chi connectivity index (χ1) is 8.38. The molecule has 15 heavy (non-hydrogen) atoms. The van der Waals surface area contributed by atoms with Crippen LogP contribution in [0.25, 0.3) is 11.3 Å². The second-order valence-corrected chi connectivity index (χ2v) is 3.06. The largest absolute Gasteiger partial charge is 0.256 e. The molecule has 3 heteroatoms. The lowest BCUT2D eigenvalue weighted by Gasteiger charge is -2.02. The first kappa shape index (κ1) is 6.67. The first-order valence-corrected chi connectivity index (χ1v) is 4.30. The van der Waals surface area contributed by atoms with Crippen molar-refractivity contribution in [3.05, 3.63) is 53.7 Å². The molecule has 0 unspecified atom stereocenters. The normalized spacial score (nSPS) is 14.1. The van der Waals surface area contributed by atoms with E-state index in [1.54, 1.807) is 0 Å². The van der Waals surface area contributed by atoms with E-state index < -0.39 is 24.0 Å². The monoisotopic (exact) mass is 208 g/mol. The average Bonchev–Trinajstić information content (AvgIpc) is 2.28. The lowest BCUT2D eigenvalue weighted by molar-refractivity contribution is 0.616. The minimum atomic E-state index is -2.53. The van der Waals surface area contributed by atoms with Crippen molar-refractivity contribution in [1.29, 1.82) is 0 Å². The van der Waals surface area contributed by atoms with Crippen LogP contribution in [-0.2, 0) is 0 Å². The molecule has 0 aliphatic rings. The van der Waals surface area contributed by atoms with Crippen LogP contribution < -0.4 is 0 Å². The van der Waals surface area contributed by atoms with Gasteiger partial charge < -0.3 is 0 Å². The van der Waals surface area contributed by atoms with Gasteiger partial charge in [-0.15, -0.1) is 0 Å². The predicted molar refractivity (Wildman–Crippen MR) is 54.3 cm³/mol. The molecule has 0 atom stereocenters. The van der Waals surface area contributed by atoms with Crippen LogP contribution in [0.4, 0.5) is 8.78 Å². The van der Waals surface area contributed by atoms with E-state index in [4.69, 9.17) is 4.11 Å². The van der Waals surface area contributed by atoms with Crippen LogP contribution in [0, 0.1) is 18.5 Å². The van der Waals surface area contributed by atoms with Gasteiger partial charge in [0.2, 0.25) is 0 Å². The van der Waals surface area contributed by atoms with Crippen molar-refractivity contribution in [3.8, 4) is 11.3 Å². The molecule has 0 amide bonds. The highest BCUT2D eigenvalue weighted by molar-refractivity contribution is 5.58. The zero-order chi connectivity index (χ0) is 13.3. The molecule has 0 N–H and O–H groups in total. The first-order valence-electron chi connectivity index (χ1n) is 5.80. The molecule has 1 aromatic carbocycles. The van der Waals surface area contributed by atoms with Crippen LogP contribution in [-0.4, -0.2) is 4.98 Å². The molecule has 0 spiro atoms. The third-order valence-corrected chi connectivity index (χ3v) is 1.99. The third kappa shape index (κ3) is 2.01. The average molecular weight is 208 g/mol. The maximum Gasteiger partial charge on any atom is 0.129 e. The Kier molecular flexibility index (Phi) is 1.67. The molecule has 0 saturated heterocycles. The van der Waals surface area contributed by atoms with E-state index in [1.165, 1.54) is 24.3 Å². The quantitative estimate of drug-likeness (QED) is 0.700. The predicted octanol–water partition coefficient (Wildman–Crippen LogP) is 3.34. The highest BCUT2D eigenvalue weighted by atomic mass is 19.1. The molecule has 0 fully saturated rings. The summed E-state index contributed by atoms with van der Waals surface area (Å²) in [5.41, 5.74) is 0.362. The van der Waals surface area contributed by atoms with Crippen molar-refractivity contribution in [2.24, 2.45) is 0 Å². The van der Waals surface area contributed by atoms with Gasteiger partial charge in [-0.1, -0.05) is 0 Å². The number of hydrogen-bond acceptors (Lipinski definition) is 1. The van der Waals surface area contributed by atoms with Gasteiger partial charge in [0, 0.05) is 27.5 Å². The van der Waals surface area contributed by atoms with E-state index in [2.05, 4.69) is 4.98 Å². The van der Waals surface area contributed by atoms with Crippen LogP contribution in [0.2, 0.25) is 0 Å². The van der Waals surface area contributed by atoms with E-state index in [0.29, 0.717) is 5.56 Å². The Hall–Kier alpha value is -1.77. The Morgan fingerprint density at radius 2 is 1.93 bits per heavy atom. The van der Waals surface area contributed by atoms with Crippen LogP contribution in [0.1, 0.15) is 9.68 Å². The van der Waals surface area contributed by atoms with Crippen molar-refractivity contribution in [2.75, 3.05) is 0 Å². The van der Waals surface area contributed by atoms with Gasteiger partial charge in [-0.25, -0.2) is 8.78 Å². The molecule has 0 bridgehead atoms. The van der Waals surface area contributed by atoms with Crippen molar-refractivity contribution >= 4 is 0 Å². The summed E-state index contributed by atoms with van der Waals surface area (Å²) in [4.78, 5) is 3.88. The van der Waals surface area contributed by atoms with Gasteiger partial charge in [-0.05, 0) is 31.1 Å². The standard InChI is InChI=1S/C12H9F2N/c1-8-7-15-12(6-11(8)14)9-2-4-10(13)5-3-9/h2-7H,1H3/i1D3. The lowest BCUT2D eigenvalue weighted by Crippen LogP contribution is -1.89. The summed E-state index contributed by atoms with van der Waals surface area (Å²) in [5, 5.41) is 0. The number of rotatable bonds is 1. The lowest BCUT2D eigenvalue weighted by atomic mass is 10.1. The van der Waals surface area contributed by atoms with E-state index in [-0.39, 0.29) is 5.69 Å². The molecule has 2 aromatic rings. The maximum atomic E-state index is 13.6. The Balaban J connectivity index is 2.43. The van der Waals surface area contributed by atoms with Crippen molar-refractivity contribution in [3.63, 3.8) is 0 Å². The van der Waals surface area contributed by atoms with E-state index in [9.17, 15) is 8.78 Å². The molecule has 1 heterocycles. The molecule has 0 aliphatic carbocycles. The van der Waals surface area contributed by atoms with Crippen LogP contribution >= 0.6 is 0 Å². The number of pyridine rings is 1. The number of nitrogens with zero attached hydrogens (tertiary/aromatic N) is 1. The molecular weight excluding hydrogens is 196 g/mol. The highest BCUT2D eigenvalue weighted by Crippen LogP contribution is 2.19. The Labute approximate surface area is 90.6 Å². The van der Waals surface area contributed by atoms with Gasteiger partial charge in [0.05, 0.1) is 5.69 Å². The summed E-state index contributed by atoms with van der Waals surface area (Å²) >= 11 is 0. The second kappa shape index (κ2) is 3.77. The summed E-state index contributed by atoms with van der Waals surface area (Å²) in [6.45, 7) is -2.53. The van der Waals surface area contributed by atoms with Gasteiger partial charge in [-0.2, -0.15) is 0 Å². The summed E-state index contributed by atoms with van der Waals surface area (Å²) in [6.07, 6.45) is 0.987. The van der Waals surface area contributed by atoms with Crippen LogP contribution in [0.15, 0.2) is 36.5 Å². The molecule has 2 rings (SSSR count).